The Morgan fingerprint density at radius 2 is 2.24 bits per heavy atom. The highest BCUT2D eigenvalue weighted by Gasteiger charge is 2.21. The Hall–Kier alpha value is -1.89. The van der Waals surface area contributed by atoms with Crippen LogP contribution in [0.4, 0.5) is 0 Å². The zero-order valence-corrected chi connectivity index (χ0v) is 16.4. The van der Waals surface area contributed by atoms with Crippen molar-refractivity contribution in [3.63, 3.8) is 0 Å². The van der Waals surface area contributed by atoms with E-state index in [-0.39, 0.29) is 0 Å². The van der Waals surface area contributed by atoms with E-state index in [9.17, 15) is 0 Å². The molecule has 2 aromatic rings. The highest BCUT2D eigenvalue weighted by Crippen LogP contribution is 2.19. The molecule has 0 aromatic carbocycles. The summed E-state index contributed by atoms with van der Waals surface area (Å²) < 4.78 is 2.24. The quantitative estimate of drug-likeness (QED) is 0.634. The summed E-state index contributed by atoms with van der Waals surface area (Å²) in [5.74, 6) is 3.60. The Morgan fingerprint density at radius 1 is 1.40 bits per heavy atom. The number of hydrogen-bond donors (Lipinski definition) is 2. The van der Waals surface area contributed by atoms with Crippen molar-refractivity contribution in [2.75, 3.05) is 13.6 Å². The van der Waals surface area contributed by atoms with E-state index in [0.29, 0.717) is 12.0 Å². The number of nitrogens with zero attached hydrogens (tertiary/aromatic N) is 4. The fraction of sp³-hybridized carbons (Fsp3) is 0.611. The lowest BCUT2D eigenvalue weighted by molar-refractivity contribution is 0.358. The van der Waals surface area contributed by atoms with Crippen molar-refractivity contribution in [3.05, 3.63) is 33.5 Å². The molecule has 0 spiro atoms. The summed E-state index contributed by atoms with van der Waals surface area (Å²) in [5.41, 5.74) is 0. The molecule has 2 N–H and O–H groups in total. The summed E-state index contributed by atoms with van der Waals surface area (Å²) >= 11 is 1.87. The number of thiophene rings is 1. The second-order valence-electron chi connectivity index (χ2n) is 6.89. The van der Waals surface area contributed by atoms with Gasteiger partial charge in [-0.2, -0.15) is 0 Å². The van der Waals surface area contributed by atoms with Gasteiger partial charge in [0.25, 0.3) is 0 Å². The number of aryl methyl sites for hydroxylation is 3. The normalized spacial score (nSPS) is 18.7. The number of aromatic nitrogens is 3. The van der Waals surface area contributed by atoms with Gasteiger partial charge in [-0.25, -0.2) is 0 Å². The maximum absolute atomic E-state index is 4.38. The van der Waals surface area contributed by atoms with Crippen LogP contribution in [-0.2, 0) is 19.4 Å². The number of fused-ring (bicyclic) bond motifs is 1. The number of rotatable bonds is 5. The molecule has 3 heterocycles. The molecule has 0 radical (unpaired) electrons. The van der Waals surface area contributed by atoms with Crippen LogP contribution in [-0.4, -0.2) is 40.4 Å². The van der Waals surface area contributed by atoms with Gasteiger partial charge in [0.2, 0.25) is 0 Å². The first-order valence-corrected chi connectivity index (χ1v) is 9.78. The molecule has 1 aliphatic heterocycles. The smallest absolute Gasteiger partial charge is 0.191 e. The Kier molecular flexibility index (Phi) is 5.73. The summed E-state index contributed by atoms with van der Waals surface area (Å²) in [5, 5.41) is 15.4. The average molecular weight is 361 g/mol. The van der Waals surface area contributed by atoms with Gasteiger partial charge in [0.1, 0.15) is 11.6 Å². The van der Waals surface area contributed by atoms with E-state index in [2.05, 4.69) is 56.4 Å². The Morgan fingerprint density at radius 3 is 2.96 bits per heavy atom. The van der Waals surface area contributed by atoms with E-state index in [4.69, 9.17) is 0 Å². The molecule has 136 valence electrons. The SMILES string of the molecule is CN=C(NCC1CCc2nnc(C)n2C1)NC(C)Cc1ccc(C)s1. The third-order valence-electron chi connectivity index (χ3n) is 4.70. The predicted octanol–water partition coefficient (Wildman–Crippen LogP) is 2.32. The van der Waals surface area contributed by atoms with E-state index < -0.39 is 0 Å². The van der Waals surface area contributed by atoms with Gasteiger partial charge in [-0.3, -0.25) is 4.99 Å². The monoisotopic (exact) mass is 360 g/mol. The number of hydrogen-bond acceptors (Lipinski definition) is 4. The third-order valence-corrected chi connectivity index (χ3v) is 5.72. The average Bonchev–Trinajstić information content (AvgIpc) is 3.17. The standard InChI is InChI=1S/C18H28N6S/c1-12(9-16-7-5-13(2)25-16)21-18(19-4)20-10-15-6-8-17-23-22-14(3)24(17)11-15/h5,7,12,15H,6,8-11H2,1-4H3,(H2,19,20,21). The van der Waals surface area contributed by atoms with Crippen LogP contribution >= 0.6 is 11.3 Å². The highest BCUT2D eigenvalue weighted by molar-refractivity contribution is 7.11. The lowest BCUT2D eigenvalue weighted by Crippen LogP contribution is -2.45. The van der Waals surface area contributed by atoms with Crippen LogP contribution in [0.15, 0.2) is 17.1 Å². The van der Waals surface area contributed by atoms with E-state index in [1.54, 1.807) is 0 Å². The van der Waals surface area contributed by atoms with Crippen LogP contribution in [0.1, 0.15) is 34.7 Å². The number of aliphatic imine (C=N–C) groups is 1. The zero-order chi connectivity index (χ0) is 17.8. The molecule has 3 rings (SSSR count). The molecule has 2 aromatic heterocycles. The molecule has 2 unspecified atom stereocenters. The number of nitrogens with one attached hydrogen (secondary N) is 2. The minimum absolute atomic E-state index is 0.349. The van der Waals surface area contributed by atoms with Gasteiger partial charge >= 0.3 is 0 Å². The fourth-order valence-corrected chi connectivity index (χ4v) is 4.33. The van der Waals surface area contributed by atoms with Gasteiger partial charge < -0.3 is 15.2 Å². The van der Waals surface area contributed by atoms with Crippen molar-refractivity contribution < 1.29 is 0 Å². The molecule has 0 amide bonds. The van der Waals surface area contributed by atoms with Crippen LogP contribution in [0.5, 0.6) is 0 Å². The van der Waals surface area contributed by atoms with Crippen molar-refractivity contribution in [1.82, 2.24) is 25.4 Å². The van der Waals surface area contributed by atoms with Gasteiger partial charge in [0.15, 0.2) is 5.96 Å². The largest absolute Gasteiger partial charge is 0.356 e. The molecule has 0 saturated heterocycles. The van der Waals surface area contributed by atoms with Crippen LogP contribution in [0.3, 0.4) is 0 Å². The molecular formula is C18H28N6S. The summed E-state index contributed by atoms with van der Waals surface area (Å²) in [6.07, 6.45) is 3.17. The minimum atomic E-state index is 0.349. The van der Waals surface area contributed by atoms with E-state index in [1.165, 1.54) is 9.75 Å². The summed E-state index contributed by atoms with van der Waals surface area (Å²) in [4.78, 5) is 7.16. The van der Waals surface area contributed by atoms with Gasteiger partial charge in [0, 0.05) is 48.8 Å². The van der Waals surface area contributed by atoms with Crippen LogP contribution in [0.2, 0.25) is 0 Å². The Balaban J connectivity index is 1.47. The Bertz CT molecular complexity index is 732. The van der Waals surface area contributed by atoms with Gasteiger partial charge in [-0.15, -0.1) is 21.5 Å². The molecule has 2 atom stereocenters. The first-order chi connectivity index (χ1) is 12.0. The molecule has 0 aliphatic carbocycles. The molecule has 25 heavy (non-hydrogen) atoms. The van der Waals surface area contributed by atoms with Crippen molar-refractivity contribution >= 4 is 17.3 Å². The second-order valence-corrected chi connectivity index (χ2v) is 8.27. The fourth-order valence-electron chi connectivity index (χ4n) is 3.31. The highest BCUT2D eigenvalue weighted by atomic mass is 32.1. The lowest BCUT2D eigenvalue weighted by atomic mass is 9.99. The topological polar surface area (TPSA) is 67.1 Å². The predicted molar refractivity (Wildman–Crippen MR) is 103 cm³/mol. The molecule has 0 saturated carbocycles. The van der Waals surface area contributed by atoms with Crippen LogP contribution in [0, 0.1) is 19.8 Å². The second kappa shape index (κ2) is 7.99. The van der Waals surface area contributed by atoms with Crippen molar-refractivity contribution in [1.29, 1.82) is 0 Å². The van der Waals surface area contributed by atoms with E-state index in [1.807, 2.05) is 25.3 Å². The number of guanidine groups is 1. The maximum atomic E-state index is 4.38. The first kappa shape index (κ1) is 17.9. The van der Waals surface area contributed by atoms with Gasteiger partial charge in [-0.1, -0.05) is 0 Å². The van der Waals surface area contributed by atoms with E-state index >= 15 is 0 Å². The minimum Gasteiger partial charge on any atom is -0.356 e. The van der Waals surface area contributed by atoms with E-state index in [0.717, 1.165) is 50.0 Å². The molecule has 7 heteroatoms. The molecule has 1 aliphatic rings. The van der Waals surface area contributed by atoms with Crippen molar-refractivity contribution in [2.24, 2.45) is 10.9 Å². The zero-order valence-electron chi connectivity index (χ0n) is 15.5. The van der Waals surface area contributed by atoms with Crippen LogP contribution in [0.25, 0.3) is 0 Å². The maximum Gasteiger partial charge on any atom is 0.191 e. The summed E-state index contributed by atoms with van der Waals surface area (Å²) in [6, 6.07) is 4.75. The lowest BCUT2D eigenvalue weighted by Gasteiger charge is -2.25. The van der Waals surface area contributed by atoms with Gasteiger partial charge in [-0.05, 0) is 45.2 Å². The van der Waals surface area contributed by atoms with Crippen molar-refractivity contribution in [2.45, 2.75) is 52.6 Å². The molecule has 0 bridgehead atoms. The summed E-state index contributed by atoms with van der Waals surface area (Å²) in [7, 11) is 1.83. The third kappa shape index (κ3) is 4.60. The van der Waals surface area contributed by atoms with Crippen molar-refractivity contribution in [3.8, 4) is 0 Å². The van der Waals surface area contributed by atoms with Gasteiger partial charge in [0.05, 0.1) is 0 Å². The van der Waals surface area contributed by atoms with Crippen LogP contribution < -0.4 is 10.6 Å². The molecule has 0 fully saturated rings. The molecular weight excluding hydrogens is 332 g/mol. The Labute approximate surface area is 153 Å². The summed E-state index contributed by atoms with van der Waals surface area (Å²) in [6.45, 7) is 8.29. The molecule has 6 nitrogen and oxygen atoms in total. The first-order valence-electron chi connectivity index (χ1n) is 8.96.